The summed E-state index contributed by atoms with van der Waals surface area (Å²) >= 11 is 1.45. The van der Waals surface area contributed by atoms with Gasteiger partial charge in [-0.15, -0.1) is 0 Å². The van der Waals surface area contributed by atoms with E-state index in [-0.39, 0.29) is 0 Å². The average molecular weight is 240 g/mol. The Morgan fingerprint density at radius 3 is 2.94 bits per heavy atom. The first-order valence-corrected chi connectivity index (χ1v) is 6.89. The van der Waals surface area contributed by atoms with Gasteiger partial charge in [0, 0.05) is 30.5 Å². The molecular formula is C11H20N4S. The van der Waals surface area contributed by atoms with Crippen molar-refractivity contribution >= 4 is 16.7 Å². The molecule has 2 unspecified atom stereocenters. The minimum atomic E-state index is 0.361. The first-order chi connectivity index (χ1) is 7.79. The molecule has 4 nitrogen and oxygen atoms in total. The number of aryl methyl sites for hydroxylation is 1. The zero-order chi connectivity index (χ0) is 11.4. The Kier molecular flexibility index (Phi) is 4.12. The van der Waals surface area contributed by atoms with Crippen molar-refractivity contribution in [2.24, 2.45) is 11.7 Å². The van der Waals surface area contributed by atoms with Crippen molar-refractivity contribution < 1.29 is 0 Å². The normalized spacial score (nSPS) is 25.6. The lowest BCUT2D eigenvalue weighted by Gasteiger charge is -2.28. The van der Waals surface area contributed by atoms with E-state index in [2.05, 4.69) is 21.6 Å². The summed E-state index contributed by atoms with van der Waals surface area (Å²) in [5.41, 5.74) is 6.10. The average Bonchev–Trinajstić information content (AvgIpc) is 2.76. The summed E-state index contributed by atoms with van der Waals surface area (Å²) in [5, 5.41) is 4.30. The Morgan fingerprint density at radius 1 is 1.44 bits per heavy atom. The summed E-state index contributed by atoms with van der Waals surface area (Å²) in [6.45, 7) is 3.02. The zero-order valence-corrected chi connectivity index (χ0v) is 10.6. The van der Waals surface area contributed by atoms with Crippen LogP contribution in [0, 0.1) is 5.92 Å². The fourth-order valence-electron chi connectivity index (χ4n) is 2.18. The van der Waals surface area contributed by atoms with Crippen LogP contribution in [0.1, 0.15) is 38.4 Å². The smallest absolute Gasteiger partial charge is 0.202 e. The maximum absolute atomic E-state index is 6.10. The lowest BCUT2D eigenvalue weighted by Crippen LogP contribution is -2.37. The van der Waals surface area contributed by atoms with Gasteiger partial charge < -0.3 is 11.1 Å². The lowest BCUT2D eigenvalue weighted by atomic mass is 9.85. The Bertz CT molecular complexity index is 326. The van der Waals surface area contributed by atoms with Crippen LogP contribution in [-0.2, 0) is 6.42 Å². The van der Waals surface area contributed by atoms with Gasteiger partial charge in [-0.2, -0.15) is 4.37 Å². The van der Waals surface area contributed by atoms with E-state index in [1.807, 2.05) is 0 Å². The zero-order valence-electron chi connectivity index (χ0n) is 9.78. The Morgan fingerprint density at radius 2 is 2.25 bits per heavy atom. The molecule has 3 N–H and O–H groups in total. The monoisotopic (exact) mass is 240 g/mol. The minimum Gasteiger partial charge on any atom is -0.360 e. The molecule has 90 valence electrons. The quantitative estimate of drug-likeness (QED) is 0.845. The van der Waals surface area contributed by atoms with Crippen LogP contribution < -0.4 is 11.1 Å². The maximum Gasteiger partial charge on any atom is 0.202 e. The van der Waals surface area contributed by atoms with Gasteiger partial charge in [-0.3, -0.25) is 0 Å². The largest absolute Gasteiger partial charge is 0.360 e. The molecule has 0 saturated heterocycles. The van der Waals surface area contributed by atoms with Crippen molar-refractivity contribution in [3.63, 3.8) is 0 Å². The second kappa shape index (κ2) is 5.59. The van der Waals surface area contributed by atoms with E-state index in [9.17, 15) is 0 Å². The van der Waals surface area contributed by atoms with Crippen LogP contribution in [0.15, 0.2) is 0 Å². The highest BCUT2D eigenvalue weighted by molar-refractivity contribution is 7.09. The summed E-state index contributed by atoms with van der Waals surface area (Å²) in [5.74, 6) is 1.53. The van der Waals surface area contributed by atoms with Gasteiger partial charge in [0.15, 0.2) is 0 Å². The van der Waals surface area contributed by atoms with Gasteiger partial charge in [0.2, 0.25) is 5.13 Å². The predicted molar refractivity (Wildman–Crippen MR) is 67.7 cm³/mol. The van der Waals surface area contributed by atoms with Crippen LogP contribution in [0.3, 0.4) is 0 Å². The standard InChI is InChI=1S/C11H20N4S/c1-2-10-14-11(16-15-10)13-7-8-5-3-4-6-9(8)12/h8-9H,2-7,12H2,1H3,(H,13,14,15). The van der Waals surface area contributed by atoms with Crippen LogP contribution in [0.2, 0.25) is 0 Å². The molecule has 0 radical (unpaired) electrons. The third kappa shape index (κ3) is 2.92. The fourth-order valence-corrected chi connectivity index (χ4v) is 2.83. The lowest BCUT2D eigenvalue weighted by molar-refractivity contribution is 0.321. The molecule has 1 aliphatic carbocycles. The number of aromatic nitrogens is 2. The molecule has 2 atom stereocenters. The Balaban J connectivity index is 1.81. The molecule has 0 spiro atoms. The van der Waals surface area contributed by atoms with E-state index in [0.29, 0.717) is 12.0 Å². The van der Waals surface area contributed by atoms with Crippen molar-refractivity contribution in [3.05, 3.63) is 5.82 Å². The highest BCUT2D eigenvalue weighted by Crippen LogP contribution is 2.23. The summed E-state index contributed by atoms with van der Waals surface area (Å²) < 4.78 is 4.25. The summed E-state index contributed by atoms with van der Waals surface area (Å²) in [7, 11) is 0. The molecule has 5 heteroatoms. The molecular weight excluding hydrogens is 220 g/mol. The molecule has 1 aromatic rings. The summed E-state index contributed by atoms with van der Waals surface area (Å²) in [6.07, 6.45) is 5.92. The van der Waals surface area contributed by atoms with Crippen LogP contribution in [0.4, 0.5) is 5.13 Å². The second-order valence-electron chi connectivity index (χ2n) is 4.46. The van der Waals surface area contributed by atoms with E-state index in [0.717, 1.165) is 23.9 Å². The molecule has 0 amide bonds. The third-order valence-corrected chi connectivity index (χ3v) is 3.98. The summed E-state index contributed by atoms with van der Waals surface area (Å²) in [6, 6.07) is 0.361. The van der Waals surface area contributed by atoms with Crippen LogP contribution in [0.5, 0.6) is 0 Å². The number of hydrogen-bond donors (Lipinski definition) is 2. The van der Waals surface area contributed by atoms with Gasteiger partial charge in [0.25, 0.3) is 0 Å². The van der Waals surface area contributed by atoms with Gasteiger partial charge in [-0.1, -0.05) is 19.8 Å². The van der Waals surface area contributed by atoms with E-state index in [1.165, 1.54) is 37.2 Å². The highest BCUT2D eigenvalue weighted by atomic mass is 32.1. The van der Waals surface area contributed by atoms with Gasteiger partial charge in [-0.25, -0.2) is 4.98 Å². The van der Waals surface area contributed by atoms with Crippen LogP contribution in [0.25, 0.3) is 0 Å². The van der Waals surface area contributed by atoms with E-state index in [4.69, 9.17) is 5.73 Å². The number of anilines is 1. The summed E-state index contributed by atoms with van der Waals surface area (Å²) in [4.78, 5) is 4.39. The molecule has 1 aromatic heterocycles. The topological polar surface area (TPSA) is 63.8 Å². The van der Waals surface area contributed by atoms with Gasteiger partial charge in [0.1, 0.15) is 5.82 Å². The maximum atomic E-state index is 6.10. The Hall–Kier alpha value is -0.680. The van der Waals surface area contributed by atoms with Crippen molar-refractivity contribution in [1.82, 2.24) is 9.36 Å². The first-order valence-electron chi connectivity index (χ1n) is 6.11. The molecule has 0 bridgehead atoms. The number of nitrogens with zero attached hydrogens (tertiary/aromatic N) is 2. The molecule has 1 aliphatic rings. The van der Waals surface area contributed by atoms with Crippen molar-refractivity contribution in [1.29, 1.82) is 0 Å². The fraction of sp³-hybridized carbons (Fsp3) is 0.818. The van der Waals surface area contributed by atoms with Crippen LogP contribution in [-0.4, -0.2) is 21.9 Å². The van der Waals surface area contributed by atoms with E-state index < -0.39 is 0 Å². The molecule has 1 heterocycles. The molecule has 2 rings (SSSR count). The molecule has 16 heavy (non-hydrogen) atoms. The molecule has 0 aliphatic heterocycles. The molecule has 1 fully saturated rings. The number of hydrogen-bond acceptors (Lipinski definition) is 5. The van der Waals surface area contributed by atoms with E-state index >= 15 is 0 Å². The molecule has 0 aromatic carbocycles. The van der Waals surface area contributed by atoms with Gasteiger partial charge in [0.05, 0.1) is 0 Å². The second-order valence-corrected chi connectivity index (χ2v) is 5.21. The predicted octanol–water partition coefficient (Wildman–Crippen LogP) is 2.03. The number of nitrogens with one attached hydrogen (secondary N) is 1. The first kappa shape index (κ1) is 11.8. The number of rotatable bonds is 4. The van der Waals surface area contributed by atoms with Crippen molar-refractivity contribution in [2.45, 2.75) is 45.1 Å². The van der Waals surface area contributed by atoms with Crippen molar-refractivity contribution in [2.75, 3.05) is 11.9 Å². The van der Waals surface area contributed by atoms with Gasteiger partial charge >= 0.3 is 0 Å². The third-order valence-electron chi connectivity index (χ3n) is 3.27. The SMILES string of the molecule is CCc1nsc(NCC2CCCCC2N)n1. The number of nitrogens with two attached hydrogens (primary N) is 1. The minimum absolute atomic E-state index is 0.361. The van der Waals surface area contributed by atoms with Crippen LogP contribution >= 0.6 is 11.5 Å². The Labute approximate surface area is 101 Å². The van der Waals surface area contributed by atoms with E-state index in [1.54, 1.807) is 0 Å². The van der Waals surface area contributed by atoms with Gasteiger partial charge in [-0.05, 0) is 18.8 Å². The molecule has 1 saturated carbocycles. The highest BCUT2D eigenvalue weighted by Gasteiger charge is 2.21. The van der Waals surface area contributed by atoms with Crippen molar-refractivity contribution in [3.8, 4) is 0 Å².